The van der Waals surface area contributed by atoms with Gasteiger partial charge in [-0.25, -0.2) is 0 Å². The van der Waals surface area contributed by atoms with Crippen molar-refractivity contribution in [1.82, 2.24) is 0 Å². The highest BCUT2D eigenvalue weighted by Gasteiger charge is 1.95. The van der Waals surface area contributed by atoms with Gasteiger partial charge in [-0.1, -0.05) is 12.1 Å². The normalized spacial score (nSPS) is 9.55. The van der Waals surface area contributed by atoms with Gasteiger partial charge < -0.3 is 5.73 Å². The van der Waals surface area contributed by atoms with Crippen molar-refractivity contribution in [2.45, 2.75) is 13.3 Å². The highest BCUT2D eigenvalue weighted by Crippen LogP contribution is 2.12. The molecule has 1 radical (unpaired) electrons. The summed E-state index contributed by atoms with van der Waals surface area (Å²) in [6, 6.07) is 5.55. The number of benzene rings is 1. The van der Waals surface area contributed by atoms with Gasteiger partial charge in [0.25, 0.3) is 0 Å². The molecule has 57 valence electrons. The largest absolute Gasteiger partial charge is 0.399 e. The molecule has 0 fully saturated rings. The van der Waals surface area contributed by atoms with Crippen LogP contribution in [0.1, 0.15) is 11.1 Å². The SMILES string of the molecule is Cc1cc(C[C]=O)ccc1N. The summed E-state index contributed by atoms with van der Waals surface area (Å²) in [6.45, 7) is 1.92. The average Bonchev–Trinajstić information content (AvgIpc) is 1.98. The summed E-state index contributed by atoms with van der Waals surface area (Å²) in [4.78, 5) is 10.0. The maximum absolute atomic E-state index is 10.0. The van der Waals surface area contributed by atoms with Gasteiger partial charge in [-0.3, -0.25) is 4.79 Å². The van der Waals surface area contributed by atoms with Gasteiger partial charge in [-0.15, -0.1) is 0 Å². The maximum atomic E-state index is 10.0. The molecule has 0 aliphatic carbocycles. The average molecular weight is 148 g/mol. The number of aryl methyl sites for hydroxylation is 1. The molecule has 0 bridgehead atoms. The van der Waals surface area contributed by atoms with Crippen LogP contribution in [0.15, 0.2) is 18.2 Å². The van der Waals surface area contributed by atoms with E-state index >= 15 is 0 Å². The van der Waals surface area contributed by atoms with E-state index in [-0.39, 0.29) is 0 Å². The van der Waals surface area contributed by atoms with Gasteiger partial charge in [0.15, 0.2) is 0 Å². The fourth-order valence-corrected chi connectivity index (χ4v) is 0.931. The Morgan fingerprint density at radius 1 is 1.55 bits per heavy atom. The van der Waals surface area contributed by atoms with Crippen molar-refractivity contribution in [2.24, 2.45) is 0 Å². The van der Waals surface area contributed by atoms with E-state index in [0.717, 1.165) is 16.8 Å². The Morgan fingerprint density at radius 3 is 2.82 bits per heavy atom. The number of carbonyl (C=O) groups excluding carboxylic acids is 1. The molecule has 1 aromatic rings. The molecule has 1 rings (SSSR count). The smallest absolute Gasteiger partial charge is 0.203 e. The lowest BCUT2D eigenvalue weighted by atomic mass is 10.1. The Morgan fingerprint density at radius 2 is 2.27 bits per heavy atom. The molecule has 11 heavy (non-hydrogen) atoms. The number of nitrogen functional groups attached to an aromatic ring is 1. The lowest BCUT2D eigenvalue weighted by Crippen LogP contribution is -1.92. The van der Waals surface area contributed by atoms with E-state index in [1.165, 1.54) is 0 Å². The second-order valence-electron chi connectivity index (χ2n) is 2.51. The molecular weight excluding hydrogens is 138 g/mol. The van der Waals surface area contributed by atoms with Crippen molar-refractivity contribution < 1.29 is 4.79 Å². The molecule has 0 amide bonds. The predicted octanol–water partition coefficient (Wildman–Crippen LogP) is 1.23. The summed E-state index contributed by atoms with van der Waals surface area (Å²) in [5, 5.41) is 0. The van der Waals surface area contributed by atoms with Crippen LogP contribution in [-0.2, 0) is 11.2 Å². The predicted molar refractivity (Wildman–Crippen MR) is 45.0 cm³/mol. The molecule has 2 N–H and O–H groups in total. The molecular formula is C9H10NO. The van der Waals surface area contributed by atoms with Gasteiger partial charge in [-0.05, 0) is 24.1 Å². The summed E-state index contributed by atoms with van der Waals surface area (Å²) < 4.78 is 0. The van der Waals surface area contributed by atoms with E-state index in [9.17, 15) is 4.79 Å². The first-order valence-electron chi connectivity index (χ1n) is 3.44. The number of nitrogens with two attached hydrogens (primary N) is 1. The van der Waals surface area contributed by atoms with Crippen LogP contribution in [-0.4, -0.2) is 6.29 Å². The minimum absolute atomic E-state index is 0.348. The van der Waals surface area contributed by atoms with E-state index in [4.69, 9.17) is 5.73 Å². The molecule has 0 saturated heterocycles. The zero-order valence-electron chi connectivity index (χ0n) is 6.42. The summed E-state index contributed by atoms with van der Waals surface area (Å²) >= 11 is 0. The van der Waals surface area contributed by atoms with Crippen LogP contribution in [0, 0.1) is 6.92 Å². The number of hydrogen-bond acceptors (Lipinski definition) is 2. The Kier molecular flexibility index (Phi) is 2.26. The lowest BCUT2D eigenvalue weighted by molar-refractivity contribution is 0.555. The number of anilines is 1. The maximum Gasteiger partial charge on any atom is 0.203 e. The van der Waals surface area contributed by atoms with Crippen molar-refractivity contribution >= 4 is 12.0 Å². The third-order valence-corrected chi connectivity index (χ3v) is 1.61. The second kappa shape index (κ2) is 3.19. The van der Waals surface area contributed by atoms with Gasteiger partial charge in [0.05, 0.1) is 0 Å². The molecule has 0 aliphatic rings. The Labute approximate surface area is 66.0 Å². The zero-order valence-corrected chi connectivity index (χ0v) is 6.42. The molecule has 0 aliphatic heterocycles. The molecule has 0 atom stereocenters. The zero-order chi connectivity index (χ0) is 8.27. The molecule has 0 saturated carbocycles. The highest BCUT2D eigenvalue weighted by atomic mass is 16.1. The fourth-order valence-electron chi connectivity index (χ4n) is 0.931. The Hall–Kier alpha value is -1.31. The van der Waals surface area contributed by atoms with Crippen LogP contribution >= 0.6 is 0 Å². The lowest BCUT2D eigenvalue weighted by Gasteiger charge is -2.00. The molecule has 0 unspecified atom stereocenters. The first-order chi connectivity index (χ1) is 5.24. The summed E-state index contributed by atoms with van der Waals surface area (Å²) in [5.41, 5.74) is 8.33. The van der Waals surface area contributed by atoms with Crippen LogP contribution < -0.4 is 5.73 Å². The third kappa shape index (κ3) is 1.80. The van der Waals surface area contributed by atoms with E-state index in [0.29, 0.717) is 6.42 Å². The molecule has 0 heterocycles. The second-order valence-corrected chi connectivity index (χ2v) is 2.51. The third-order valence-electron chi connectivity index (χ3n) is 1.61. The van der Waals surface area contributed by atoms with Crippen LogP contribution in [0.4, 0.5) is 5.69 Å². The van der Waals surface area contributed by atoms with E-state index in [1.807, 2.05) is 31.4 Å². The summed E-state index contributed by atoms with van der Waals surface area (Å²) in [6.07, 6.45) is 2.19. The van der Waals surface area contributed by atoms with Gasteiger partial charge >= 0.3 is 0 Å². The molecule has 0 spiro atoms. The van der Waals surface area contributed by atoms with Crippen molar-refractivity contribution in [3.63, 3.8) is 0 Å². The minimum Gasteiger partial charge on any atom is -0.399 e. The summed E-state index contributed by atoms with van der Waals surface area (Å²) in [7, 11) is 0. The topological polar surface area (TPSA) is 43.1 Å². The Balaban J connectivity index is 2.95. The minimum atomic E-state index is 0.348. The van der Waals surface area contributed by atoms with Crippen LogP contribution in [0.25, 0.3) is 0 Å². The standard InChI is InChI=1S/C9H10NO/c1-7-6-8(4-5-11)2-3-9(7)10/h2-3,6H,4,10H2,1H3. The first-order valence-corrected chi connectivity index (χ1v) is 3.44. The van der Waals surface area contributed by atoms with Gasteiger partial charge in [0.1, 0.15) is 0 Å². The van der Waals surface area contributed by atoms with Gasteiger partial charge in [0, 0.05) is 12.1 Å². The van der Waals surface area contributed by atoms with E-state index in [2.05, 4.69) is 0 Å². The monoisotopic (exact) mass is 148 g/mol. The fraction of sp³-hybridized carbons (Fsp3) is 0.222. The first kappa shape index (κ1) is 7.79. The van der Waals surface area contributed by atoms with E-state index in [1.54, 1.807) is 0 Å². The van der Waals surface area contributed by atoms with Crippen molar-refractivity contribution in [2.75, 3.05) is 5.73 Å². The number of rotatable bonds is 2. The van der Waals surface area contributed by atoms with Crippen LogP contribution in [0.3, 0.4) is 0 Å². The molecule has 2 nitrogen and oxygen atoms in total. The van der Waals surface area contributed by atoms with Gasteiger partial charge in [-0.2, -0.15) is 0 Å². The van der Waals surface area contributed by atoms with Crippen LogP contribution in [0.2, 0.25) is 0 Å². The Bertz CT molecular complexity index is 268. The molecule has 1 aromatic carbocycles. The quantitative estimate of drug-likeness (QED) is 0.641. The van der Waals surface area contributed by atoms with E-state index < -0.39 is 0 Å². The van der Waals surface area contributed by atoms with Crippen molar-refractivity contribution in [1.29, 1.82) is 0 Å². The molecule has 0 aromatic heterocycles. The summed E-state index contributed by atoms with van der Waals surface area (Å²) in [5.74, 6) is 0. The molecule has 2 heteroatoms. The van der Waals surface area contributed by atoms with Crippen molar-refractivity contribution in [3.8, 4) is 0 Å². The highest BCUT2D eigenvalue weighted by molar-refractivity contribution is 5.58. The van der Waals surface area contributed by atoms with Gasteiger partial charge in [0.2, 0.25) is 6.29 Å². The number of hydrogen-bond donors (Lipinski definition) is 1. The van der Waals surface area contributed by atoms with Crippen LogP contribution in [0.5, 0.6) is 0 Å². The van der Waals surface area contributed by atoms with Crippen molar-refractivity contribution in [3.05, 3.63) is 29.3 Å².